The van der Waals surface area contributed by atoms with E-state index < -0.39 is 17.4 Å². The van der Waals surface area contributed by atoms with Crippen molar-refractivity contribution in [3.63, 3.8) is 0 Å². The van der Waals surface area contributed by atoms with E-state index in [1.54, 1.807) is 6.92 Å². The van der Waals surface area contributed by atoms with E-state index in [0.29, 0.717) is 10.6 Å². The van der Waals surface area contributed by atoms with Gasteiger partial charge < -0.3 is 14.8 Å². The molecule has 0 saturated heterocycles. The lowest BCUT2D eigenvalue weighted by Crippen LogP contribution is -2.13. The van der Waals surface area contributed by atoms with E-state index in [0.717, 1.165) is 15.3 Å². The van der Waals surface area contributed by atoms with E-state index in [1.807, 2.05) is 24.4 Å². The molecule has 0 aliphatic carbocycles. The van der Waals surface area contributed by atoms with E-state index in [-0.39, 0.29) is 16.9 Å². The molecule has 0 aliphatic rings. The van der Waals surface area contributed by atoms with E-state index >= 15 is 0 Å². The third kappa shape index (κ3) is 3.92. The third-order valence-electron chi connectivity index (χ3n) is 3.58. The van der Waals surface area contributed by atoms with Crippen molar-refractivity contribution < 1.29 is 14.6 Å². The highest BCUT2D eigenvalue weighted by Gasteiger charge is 2.24. The van der Waals surface area contributed by atoms with Crippen molar-refractivity contribution in [1.29, 1.82) is 0 Å². The summed E-state index contributed by atoms with van der Waals surface area (Å²) in [6.45, 7) is 3.86. The van der Waals surface area contributed by atoms with Crippen LogP contribution in [0.15, 0.2) is 27.3 Å². The molecule has 0 bridgehead atoms. The summed E-state index contributed by atoms with van der Waals surface area (Å²) in [5.74, 6) is -0.875. The van der Waals surface area contributed by atoms with E-state index in [2.05, 4.69) is 15.0 Å². The fourth-order valence-corrected chi connectivity index (χ4v) is 4.54. The van der Waals surface area contributed by atoms with Gasteiger partial charge in [0.1, 0.15) is 16.1 Å². The molecule has 0 spiro atoms. The summed E-state index contributed by atoms with van der Waals surface area (Å²) in [7, 11) is 0. The Hall–Kier alpha value is -2.56. The van der Waals surface area contributed by atoms with Crippen molar-refractivity contribution in [3.8, 4) is 16.3 Å². The number of rotatable bonds is 5. The smallest absolute Gasteiger partial charge is 0.341 e. The first-order chi connectivity index (χ1) is 12.9. The number of carbonyl (C=O) groups is 1. The first-order valence-electron chi connectivity index (χ1n) is 7.86. The number of hydrogen-bond acceptors (Lipinski definition) is 8. The van der Waals surface area contributed by atoms with Gasteiger partial charge in [0.2, 0.25) is 5.88 Å². The van der Waals surface area contributed by atoms with Gasteiger partial charge in [-0.15, -0.1) is 22.7 Å². The summed E-state index contributed by atoms with van der Waals surface area (Å²) < 4.78 is 5.21. The fourth-order valence-electron chi connectivity index (χ4n) is 2.46. The minimum Gasteiger partial charge on any atom is -0.494 e. The van der Waals surface area contributed by atoms with Crippen molar-refractivity contribution in [2.45, 2.75) is 13.8 Å². The van der Waals surface area contributed by atoms with Crippen LogP contribution in [0.4, 0.5) is 5.00 Å². The fraction of sp³-hybridized carbons (Fsp3) is 0.176. The Labute approximate surface area is 167 Å². The van der Waals surface area contributed by atoms with Gasteiger partial charge in [0.25, 0.3) is 5.56 Å². The SMILES string of the molecule is CCOC(=O)c1c(/N=C/c2c(O)[nH]c(=S)[nH]c2=O)sc(C)c1-c1cccs1. The van der Waals surface area contributed by atoms with Gasteiger partial charge in [-0.2, -0.15) is 0 Å². The van der Waals surface area contributed by atoms with Gasteiger partial charge in [-0.25, -0.2) is 9.79 Å². The van der Waals surface area contributed by atoms with Crippen LogP contribution in [-0.2, 0) is 4.74 Å². The normalized spacial score (nSPS) is 11.2. The lowest BCUT2D eigenvalue weighted by atomic mass is 10.1. The van der Waals surface area contributed by atoms with Gasteiger partial charge in [0, 0.05) is 21.5 Å². The predicted molar refractivity (Wildman–Crippen MR) is 109 cm³/mol. The monoisotopic (exact) mass is 421 g/mol. The number of aromatic amines is 2. The summed E-state index contributed by atoms with van der Waals surface area (Å²) in [5.41, 5.74) is 0.454. The van der Waals surface area contributed by atoms with Gasteiger partial charge in [-0.3, -0.25) is 9.78 Å². The molecule has 27 heavy (non-hydrogen) atoms. The van der Waals surface area contributed by atoms with Crippen LogP contribution in [0.2, 0.25) is 0 Å². The molecule has 0 atom stereocenters. The Morgan fingerprint density at radius 1 is 1.44 bits per heavy atom. The molecule has 0 radical (unpaired) electrons. The van der Waals surface area contributed by atoms with Crippen LogP contribution in [0.1, 0.15) is 27.7 Å². The number of carbonyl (C=O) groups excluding carboxylic acids is 1. The molecule has 0 saturated carbocycles. The zero-order chi connectivity index (χ0) is 19.6. The number of ether oxygens (including phenoxy) is 1. The van der Waals surface area contributed by atoms with Crippen molar-refractivity contribution in [2.24, 2.45) is 4.99 Å². The lowest BCUT2D eigenvalue weighted by molar-refractivity contribution is 0.0529. The lowest BCUT2D eigenvalue weighted by Gasteiger charge is -2.05. The molecule has 3 aromatic heterocycles. The number of H-pyrrole nitrogens is 2. The third-order valence-corrected chi connectivity index (χ3v) is 5.69. The van der Waals surface area contributed by atoms with E-state index in [9.17, 15) is 14.7 Å². The Morgan fingerprint density at radius 2 is 2.22 bits per heavy atom. The number of aryl methyl sites for hydroxylation is 1. The second-order valence-electron chi connectivity index (χ2n) is 5.34. The van der Waals surface area contributed by atoms with Gasteiger partial charge in [-0.1, -0.05) is 6.07 Å². The average molecular weight is 422 g/mol. The second-order valence-corrected chi connectivity index (χ2v) is 7.90. The quantitative estimate of drug-likeness (QED) is 0.326. The number of esters is 1. The summed E-state index contributed by atoms with van der Waals surface area (Å²) in [6.07, 6.45) is 1.20. The maximum atomic E-state index is 12.6. The number of thiophene rings is 2. The molecule has 3 N–H and O–H groups in total. The van der Waals surface area contributed by atoms with Crippen LogP contribution >= 0.6 is 34.9 Å². The zero-order valence-corrected chi connectivity index (χ0v) is 16.8. The van der Waals surface area contributed by atoms with Gasteiger partial charge in [0.05, 0.1) is 6.61 Å². The molecule has 0 aromatic carbocycles. The first kappa shape index (κ1) is 19.2. The molecule has 0 amide bonds. The Morgan fingerprint density at radius 3 is 2.85 bits per heavy atom. The zero-order valence-electron chi connectivity index (χ0n) is 14.4. The molecule has 3 rings (SSSR count). The summed E-state index contributed by atoms with van der Waals surface area (Å²) >= 11 is 7.62. The molecule has 0 aliphatic heterocycles. The molecular weight excluding hydrogens is 406 g/mol. The highest BCUT2D eigenvalue weighted by molar-refractivity contribution is 7.71. The molecule has 3 aromatic rings. The maximum Gasteiger partial charge on any atom is 0.341 e. The van der Waals surface area contributed by atoms with Crippen LogP contribution in [0, 0.1) is 11.7 Å². The molecule has 3 heterocycles. The molecular formula is C17H15N3O4S3. The molecule has 10 heteroatoms. The van der Waals surface area contributed by atoms with Crippen LogP contribution in [0.5, 0.6) is 5.88 Å². The largest absolute Gasteiger partial charge is 0.494 e. The second kappa shape index (κ2) is 7.99. The molecule has 140 valence electrons. The molecule has 0 fully saturated rings. The number of aromatic nitrogens is 2. The summed E-state index contributed by atoms with van der Waals surface area (Å²) in [5, 5.41) is 12.2. The van der Waals surface area contributed by atoms with E-state index in [4.69, 9.17) is 17.0 Å². The van der Waals surface area contributed by atoms with Crippen LogP contribution in [0.3, 0.4) is 0 Å². The predicted octanol–water partition coefficient (Wildman–Crippen LogP) is 4.16. The standard InChI is InChI=1S/C17H15N3O4S3/c1-3-24-16(23)12-11(10-5-4-6-26-10)8(2)27-15(12)18-7-9-13(21)19-17(25)20-14(9)22/h4-7H,3H2,1-2H3,(H3,19,20,21,22,25)/b18-7+. The van der Waals surface area contributed by atoms with Crippen molar-refractivity contribution in [2.75, 3.05) is 6.61 Å². The van der Waals surface area contributed by atoms with Gasteiger partial charge in [0.15, 0.2) is 4.77 Å². The first-order valence-corrected chi connectivity index (χ1v) is 9.96. The van der Waals surface area contributed by atoms with Crippen LogP contribution in [-0.4, -0.2) is 33.9 Å². The van der Waals surface area contributed by atoms with Crippen molar-refractivity contribution in [3.05, 3.63) is 48.6 Å². The summed E-state index contributed by atoms with van der Waals surface area (Å²) in [4.78, 5) is 35.5. The van der Waals surface area contributed by atoms with E-state index in [1.165, 1.54) is 28.9 Å². The van der Waals surface area contributed by atoms with Gasteiger partial charge in [-0.05, 0) is 37.5 Å². The topological polar surface area (TPSA) is 108 Å². The molecule has 7 nitrogen and oxygen atoms in total. The van der Waals surface area contributed by atoms with Crippen LogP contribution in [0.25, 0.3) is 10.4 Å². The number of hydrogen-bond donors (Lipinski definition) is 3. The number of nitrogens with one attached hydrogen (secondary N) is 2. The minimum absolute atomic E-state index is 0.00816. The Balaban J connectivity index is 2.14. The highest BCUT2D eigenvalue weighted by Crippen LogP contribution is 2.43. The van der Waals surface area contributed by atoms with Crippen molar-refractivity contribution >= 4 is 52.1 Å². The average Bonchev–Trinajstić information content (AvgIpc) is 3.21. The number of aliphatic imine (C=N–C) groups is 1. The Kier molecular flexibility index (Phi) is 5.68. The van der Waals surface area contributed by atoms with Crippen LogP contribution < -0.4 is 5.56 Å². The number of aromatic hydroxyl groups is 1. The molecule has 0 unspecified atom stereocenters. The Bertz CT molecular complexity index is 1120. The maximum absolute atomic E-state index is 12.6. The summed E-state index contributed by atoms with van der Waals surface area (Å²) in [6, 6.07) is 3.82. The minimum atomic E-state index is -0.579. The van der Waals surface area contributed by atoms with Crippen molar-refractivity contribution in [1.82, 2.24) is 9.97 Å². The highest BCUT2D eigenvalue weighted by atomic mass is 32.1. The van der Waals surface area contributed by atoms with Gasteiger partial charge >= 0.3 is 5.97 Å². The number of nitrogens with zero attached hydrogens (tertiary/aromatic N) is 1.